The second-order valence-corrected chi connectivity index (χ2v) is 5.18. The number of hydrogen-bond acceptors (Lipinski definition) is 6. The van der Waals surface area contributed by atoms with E-state index in [4.69, 9.17) is 14.9 Å². The summed E-state index contributed by atoms with van der Waals surface area (Å²) < 4.78 is 10.5. The minimum atomic E-state index is -0.535. The fourth-order valence-electron chi connectivity index (χ4n) is 2.29. The number of nitriles is 1. The summed E-state index contributed by atoms with van der Waals surface area (Å²) >= 11 is 1.48. The normalized spacial score (nSPS) is 17.3. The van der Waals surface area contributed by atoms with E-state index >= 15 is 0 Å². The lowest BCUT2D eigenvalue weighted by Crippen LogP contribution is -2.26. The van der Waals surface area contributed by atoms with Crippen LogP contribution in [0.15, 0.2) is 43.6 Å². The predicted molar refractivity (Wildman–Crippen MR) is 73.3 cm³/mol. The van der Waals surface area contributed by atoms with Crippen LogP contribution in [0.25, 0.3) is 0 Å². The van der Waals surface area contributed by atoms with Crippen LogP contribution in [0.3, 0.4) is 0 Å². The summed E-state index contributed by atoms with van der Waals surface area (Å²) in [6.07, 6.45) is 0. The summed E-state index contributed by atoms with van der Waals surface area (Å²) in [5.74, 6) is 0.283. The first-order valence-corrected chi connectivity index (χ1v) is 6.80. The molecule has 5 nitrogen and oxygen atoms in total. The number of allylic oxidation sites excluding steroid dienone is 1. The van der Waals surface area contributed by atoms with Gasteiger partial charge in [0.1, 0.15) is 23.2 Å². The van der Waals surface area contributed by atoms with E-state index in [0.29, 0.717) is 17.1 Å². The van der Waals surface area contributed by atoms with E-state index in [1.165, 1.54) is 11.3 Å². The fraction of sp³-hybridized carbons (Fsp3) is 0.143. The molecule has 0 amide bonds. The Morgan fingerprint density at radius 2 is 2.30 bits per heavy atom. The molecule has 1 aliphatic heterocycles. The SMILES string of the molecule is Cc1cc2c(c(=O)o1)[C@H](c1ccsc1)C(C#N)=C(N)O2. The summed E-state index contributed by atoms with van der Waals surface area (Å²) in [4.78, 5) is 12.1. The van der Waals surface area contributed by atoms with Crippen molar-refractivity contribution in [3.8, 4) is 11.8 Å². The minimum absolute atomic E-state index is 0.0289. The first kappa shape index (κ1) is 12.5. The molecule has 6 heteroatoms. The second-order valence-electron chi connectivity index (χ2n) is 4.40. The summed E-state index contributed by atoms with van der Waals surface area (Å²) in [6, 6.07) is 5.49. The molecule has 2 N–H and O–H groups in total. The Morgan fingerprint density at radius 1 is 1.50 bits per heavy atom. The zero-order valence-corrected chi connectivity index (χ0v) is 11.4. The number of hydrogen-bond donors (Lipinski definition) is 1. The third-order valence-electron chi connectivity index (χ3n) is 3.13. The Hall–Kier alpha value is -2.52. The molecule has 20 heavy (non-hydrogen) atoms. The maximum Gasteiger partial charge on any atom is 0.343 e. The summed E-state index contributed by atoms with van der Waals surface area (Å²) in [7, 11) is 0. The second kappa shape index (κ2) is 4.54. The Morgan fingerprint density at radius 3 is 2.95 bits per heavy atom. The van der Waals surface area contributed by atoms with E-state index in [1.54, 1.807) is 13.0 Å². The van der Waals surface area contributed by atoms with Crippen molar-refractivity contribution in [1.29, 1.82) is 5.26 Å². The van der Waals surface area contributed by atoms with Crippen molar-refractivity contribution in [2.45, 2.75) is 12.8 Å². The molecule has 0 aromatic carbocycles. The molecule has 0 bridgehead atoms. The zero-order valence-electron chi connectivity index (χ0n) is 10.5. The van der Waals surface area contributed by atoms with Gasteiger partial charge in [-0.25, -0.2) is 4.79 Å². The molecular weight excluding hydrogens is 276 g/mol. The van der Waals surface area contributed by atoms with Gasteiger partial charge in [0.05, 0.1) is 11.5 Å². The van der Waals surface area contributed by atoms with E-state index in [2.05, 4.69) is 0 Å². The third-order valence-corrected chi connectivity index (χ3v) is 3.83. The maximum absolute atomic E-state index is 12.1. The van der Waals surface area contributed by atoms with Gasteiger partial charge in [0.15, 0.2) is 0 Å². The average Bonchev–Trinajstić information content (AvgIpc) is 2.90. The molecule has 0 unspecified atom stereocenters. The van der Waals surface area contributed by atoms with Crippen molar-refractivity contribution in [2.75, 3.05) is 0 Å². The van der Waals surface area contributed by atoms with Crippen molar-refractivity contribution in [1.82, 2.24) is 0 Å². The van der Waals surface area contributed by atoms with Gasteiger partial charge in [0.2, 0.25) is 5.88 Å². The maximum atomic E-state index is 12.1. The number of aryl methyl sites for hydroxylation is 1. The molecule has 0 saturated heterocycles. The predicted octanol–water partition coefficient (Wildman–Crippen LogP) is 2.23. The number of ether oxygens (including phenoxy) is 1. The van der Waals surface area contributed by atoms with E-state index in [9.17, 15) is 10.1 Å². The summed E-state index contributed by atoms with van der Waals surface area (Å²) in [5.41, 5.74) is 6.68. The van der Waals surface area contributed by atoms with Gasteiger partial charge in [-0.05, 0) is 29.3 Å². The van der Waals surface area contributed by atoms with E-state index < -0.39 is 11.5 Å². The molecule has 0 fully saturated rings. The van der Waals surface area contributed by atoms with Crippen LogP contribution in [0, 0.1) is 18.3 Å². The van der Waals surface area contributed by atoms with Gasteiger partial charge in [-0.15, -0.1) is 0 Å². The van der Waals surface area contributed by atoms with Gasteiger partial charge in [-0.2, -0.15) is 16.6 Å². The van der Waals surface area contributed by atoms with E-state index in [0.717, 1.165) is 5.56 Å². The first-order chi connectivity index (χ1) is 9.61. The Kier molecular flexibility index (Phi) is 2.84. The number of nitrogens with two attached hydrogens (primary N) is 1. The van der Waals surface area contributed by atoms with Crippen LogP contribution in [0.4, 0.5) is 0 Å². The van der Waals surface area contributed by atoms with Crippen LogP contribution < -0.4 is 16.1 Å². The van der Waals surface area contributed by atoms with Gasteiger partial charge < -0.3 is 14.9 Å². The topological polar surface area (TPSA) is 89.2 Å². The highest BCUT2D eigenvalue weighted by Gasteiger charge is 2.34. The quantitative estimate of drug-likeness (QED) is 0.868. The van der Waals surface area contributed by atoms with Gasteiger partial charge in [-0.1, -0.05) is 0 Å². The van der Waals surface area contributed by atoms with Crippen molar-refractivity contribution in [3.05, 3.63) is 61.7 Å². The molecule has 1 atom stereocenters. The lowest BCUT2D eigenvalue weighted by Gasteiger charge is -2.24. The van der Waals surface area contributed by atoms with Crippen molar-refractivity contribution in [3.63, 3.8) is 0 Å². The lowest BCUT2D eigenvalue weighted by molar-refractivity contribution is 0.371. The van der Waals surface area contributed by atoms with E-state index in [1.807, 2.05) is 22.9 Å². The molecule has 1 aliphatic rings. The zero-order chi connectivity index (χ0) is 14.3. The Balaban J connectivity index is 2.32. The highest BCUT2D eigenvalue weighted by Crippen LogP contribution is 2.40. The fourth-order valence-corrected chi connectivity index (χ4v) is 2.98. The molecule has 0 saturated carbocycles. The van der Waals surface area contributed by atoms with Crippen LogP contribution >= 0.6 is 11.3 Å². The Labute approximate surface area is 118 Å². The minimum Gasteiger partial charge on any atom is -0.440 e. The highest BCUT2D eigenvalue weighted by molar-refractivity contribution is 7.08. The average molecular weight is 286 g/mol. The van der Waals surface area contributed by atoms with Crippen molar-refractivity contribution in [2.24, 2.45) is 5.73 Å². The summed E-state index contributed by atoms with van der Waals surface area (Å²) in [5, 5.41) is 13.1. The molecule has 3 heterocycles. The third kappa shape index (κ3) is 1.80. The molecule has 0 spiro atoms. The Bertz CT molecular complexity index is 797. The highest BCUT2D eigenvalue weighted by atomic mass is 32.1. The number of thiophene rings is 1. The van der Waals surface area contributed by atoms with Gasteiger partial charge in [-0.3, -0.25) is 0 Å². The van der Waals surface area contributed by atoms with Crippen LogP contribution in [-0.4, -0.2) is 0 Å². The largest absolute Gasteiger partial charge is 0.440 e. The molecule has 100 valence electrons. The number of nitrogens with zero attached hydrogens (tertiary/aromatic N) is 1. The van der Waals surface area contributed by atoms with Gasteiger partial charge in [0.25, 0.3) is 0 Å². The molecule has 0 aliphatic carbocycles. The monoisotopic (exact) mass is 286 g/mol. The first-order valence-electron chi connectivity index (χ1n) is 5.86. The molecule has 3 rings (SSSR count). The van der Waals surface area contributed by atoms with Crippen LogP contribution in [-0.2, 0) is 0 Å². The molecule has 2 aromatic rings. The standard InChI is InChI=1S/C14H10N2O3S/c1-7-4-10-12(14(17)18-7)11(8-2-3-20-6-8)9(5-15)13(16)19-10/h2-4,6,11H,16H2,1H3/t11-/m1/s1. The smallest absolute Gasteiger partial charge is 0.343 e. The van der Waals surface area contributed by atoms with Gasteiger partial charge >= 0.3 is 5.63 Å². The molecule has 2 aromatic heterocycles. The van der Waals surface area contributed by atoms with Crippen LogP contribution in [0.1, 0.15) is 22.8 Å². The van der Waals surface area contributed by atoms with Crippen molar-refractivity contribution < 1.29 is 9.15 Å². The molecular formula is C14H10N2O3S. The van der Waals surface area contributed by atoms with Crippen LogP contribution in [0.2, 0.25) is 0 Å². The number of rotatable bonds is 1. The number of fused-ring (bicyclic) bond motifs is 1. The van der Waals surface area contributed by atoms with Crippen LogP contribution in [0.5, 0.6) is 5.75 Å². The van der Waals surface area contributed by atoms with E-state index in [-0.39, 0.29) is 11.5 Å². The molecule has 0 radical (unpaired) electrons. The summed E-state index contributed by atoms with van der Waals surface area (Å²) in [6.45, 7) is 1.66. The van der Waals surface area contributed by atoms with Crippen molar-refractivity contribution >= 4 is 11.3 Å². The lowest BCUT2D eigenvalue weighted by atomic mass is 9.86. The van der Waals surface area contributed by atoms with Gasteiger partial charge in [0, 0.05) is 6.07 Å².